The van der Waals surface area contributed by atoms with Crippen LogP contribution in [0.1, 0.15) is 40.1 Å². The predicted octanol–water partition coefficient (Wildman–Crippen LogP) is 4.97. The average Bonchev–Trinajstić information content (AvgIpc) is 3.30. The van der Waals surface area contributed by atoms with Gasteiger partial charge in [-0.05, 0) is 49.2 Å². The van der Waals surface area contributed by atoms with Crippen LogP contribution in [0.15, 0.2) is 59.6 Å². The number of ketones is 1. The molecule has 0 saturated carbocycles. The summed E-state index contributed by atoms with van der Waals surface area (Å²) in [5, 5.41) is 5.95. The van der Waals surface area contributed by atoms with Crippen molar-refractivity contribution in [3.63, 3.8) is 0 Å². The molecule has 1 aromatic heterocycles. The van der Waals surface area contributed by atoms with Gasteiger partial charge in [0.1, 0.15) is 5.69 Å². The van der Waals surface area contributed by atoms with Crippen molar-refractivity contribution in [2.75, 3.05) is 16.2 Å². The van der Waals surface area contributed by atoms with Crippen molar-refractivity contribution in [2.24, 2.45) is 5.92 Å². The van der Waals surface area contributed by atoms with Crippen LogP contribution in [-0.4, -0.2) is 43.6 Å². The second kappa shape index (κ2) is 10.8. The molecule has 0 aliphatic carbocycles. The molecule has 3 aromatic rings. The Bertz CT molecular complexity index is 1590. The minimum absolute atomic E-state index is 0.00902. The molecule has 2 aliphatic heterocycles. The average molecular weight is 608 g/mol. The van der Waals surface area contributed by atoms with Gasteiger partial charge in [0.2, 0.25) is 5.91 Å². The van der Waals surface area contributed by atoms with E-state index in [1.54, 1.807) is 12.1 Å². The normalized spacial score (nSPS) is 19.0. The number of anilines is 2. The highest BCUT2D eigenvalue weighted by atomic mass is 35.5. The number of rotatable bonds is 6. The monoisotopic (exact) mass is 606 g/mol. The van der Waals surface area contributed by atoms with E-state index < -0.39 is 21.8 Å². The first-order valence-electron chi connectivity index (χ1n) is 11.9. The number of nitrogens with one attached hydrogen (secondary N) is 2. The number of carbonyl (C=O) groups is 3. The molecule has 202 valence electrons. The maximum absolute atomic E-state index is 13.8. The zero-order valence-electron chi connectivity index (χ0n) is 20.2. The third kappa shape index (κ3) is 5.47. The van der Waals surface area contributed by atoms with Crippen LogP contribution in [0.4, 0.5) is 11.4 Å². The van der Waals surface area contributed by atoms with Gasteiger partial charge in [-0.25, -0.2) is 13.4 Å². The number of hydrogen-bond acceptors (Lipinski definition) is 6. The molecule has 5 rings (SSSR count). The number of fused-ring (bicyclic) bond motifs is 1. The molecule has 1 fully saturated rings. The van der Waals surface area contributed by atoms with Gasteiger partial charge in [-0.1, -0.05) is 46.9 Å². The van der Waals surface area contributed by atoms with E-state index in [0.717, 1.165) is 4.31 Å². The number of aromatic nitrogens is 1. The number of benzene rings is 2. The number of hydrogen-bond donors (Lipinski definition) is 2. The molecule has 2 aliphatic rings. The fourth-order valence-electron chi connectivity index (χ4n) is 4.75. The molecule has 39 heavy (non-hydrogen) atoms. The molecule has 0 radical (unpaired) electrons. The third-order valence-electron chi connectivity index (χ3n) is 6.61. The van der Waals surface area contributed by atoms with Crippen LogP contribution in [0, 0.1) is 5.92 Å². The first-order valence-corrected chi connectivity index (χ1v) is 14.5. The summed E-state index contributed by atoms with van der Waals surface area (Å²) in [5.41, 5.74) is 0.122. The number of amides is 2. The van der Waals surface area contributed by atoms with Crippen molar-refractivity contribution in [3.8, 4) is 0 Å². The molecule has 3 heterocycles. The molecule has 0 bridgehead atoms. The van der Waals surface area contributed by atoms with Crippen molar-refractivity contribution < 1.29 is 22.8 Å². The van der Waals surface area contributed by atoms with Crippen LogP contribution in [0.5, 0.6) is 0 Å². The highest BCUT2D eigenvalue weighted by Crippen LogP contribution is 2.37. The molecule has 2 aromatic carbocycles. The van der Waals surface area contributed by atoms with Crippen molar-refractivity contribution in [1.82, 2.24) is 10.3 Å². The Morgan fingerprint density at radius 1 is 1.08 bits per heavy atom. The lowest BCUT2D eigenvalue weighted by Gasteiger charge is -2.34. The quantitative estimate of drug-likeness (QED) is 0.408. The van der Waals surface area contributed by atoms with Gasteiger partial charge in [0, 0.05) is 29.9 Å². The smallest absolute Gasteiger partial charge is 0.264 e. The van der Waals surface area contributed by atoms with Crippen molar-refractivity contribution >= 4 is 73.8 Å². The highest BCUT2D eigenvalue weighted by molar-refractivity contribution is 7.92. The lowest BCUT2D eigenvalue weighted by molar-refractivity contribution is -0.119. The molecule has 2 amide bonds. The summed E-state index contributed by atoms with van der Waals surface area (Å²) in [6.45, 7) is -0.178. The van der Waals surface area contributed by atoms with Gasteiger partial charge < -0.3 is 10.6 Å². The molecule has 2 N–H and O–H groups in total. The summed E-state index contributed by atoms with van der Waals surface area (Å²) in [6, 6.07) is 11.5. The van der Waals surface area contributed by atoms with Gasteiger partial charge in [-0.2, -0.15) is 0 Å². The summed E-state index contributed by atoms with van der Waals surface area (Å²) in [6.07, 6.45) is 2.43. The lowest BCUT2D eigenvalue weighted by atomic mass is 9.89. The summed E-state index contributed by atoms with van der Waals surface area (Å²) in [7, 11) is -4.20. The second-order valence-electron chi connectivity index (χ2n) is 9.24. The van der Waals surface area contributed by atoms with Gasteiger partial charge in [-0.3, -0.25) is 18.7 Å². The van der Waals surface area contributed by atoms with Crippen molar-refractivity contribution in [1.29, 1.82) is 0 Å². The Labute approximate surface area is 239 Å². The standard InChI is InChI=1S/C26H21Cl3N4O5S/c27-15-3-1-4-18(10-15)39(37,38)33-13-14(9-16-7-8-22(34)31-16)25(35)24-21(33)11-17(12-30-24)32-26(36)23-19(28)5-2-6-20(23)29/h1-6,10-12,14,16H,7-9,13H2,(H,31,34)(H,32,36). The first-order chi connectivity index (χ1) is 18.5. The van der Waals surface area contributed by atoms with E-state index in [0.29, 0.717) is 12.8 Å². The number of Topliss-reactive ketones (excluding diaryl/α,β-unsaturated/α-hetero) is 1. The minimum Gasteiger partial charge on any atom is -0.353 e. The Morgan fingerprint density at radius 2 is 1.79 bits per heavy atom. The largest absolute Gasteiger partial charge is 0.353 e. The predicted molar refractivity (Wildman–Crippen MR) is 148 cm³/mol. The molecular formula is C26H21Cl3N4O5S. The Hall–Kier alpha value is -3.18. The maximum atomic E-state index is 13.8. The summed E-state index contributed by atoms with van der Waals surface area (Å²) >= 11 is 18.4. The highest BCUT2D eigenvalue weighted by Gasteiger charge is 2.41. The lowest BCUT2D eigenvalue weighted by Crippen LogP contribution is -2.45. The van der Waals surface area contributed by atoms with E-state index in [9.17, 15) is 22.8 Å². The zero-order valence-corrected chi connectivity index (χ0v) is 23.2. The van der Waals surface area contributed by atoms with E-state index in [-0.39, 0.29) is 73.3 Å². The number of nitrogens with zero attached hydrogens (tertiary/aromatic N) is 2. The van der Waals surface area contributed by atoms with Crippen LogP contribution in [0.3, 0.4) is 0 Å². The van der Waals surface area contributed by atoms with Crippen LogP contribution in [-0.2, 0) is 14.8 Å². The summed E-state index contributed by atoms with van der Waals surface area (Å²) in [5.74, 6) is -1.83. The van der Waals surface area contributed by atoms with Crippen LogP contribution >= 0.6 is 34.8 Å². The van der Waals surface area contributed by atoms with Crippen LogP contribution < -0.4 is 14.9 Å². The van der Waals surface area contributed by atoms with Gasteiger partial charge in [0.25, 0.3) is 15.9 Å². The number of carbonyl (C=O) groups excluding carboxylic acids is 3. The molecule has 13 heteroatoms. The van der Waals surface area contributed by atoms with E-state index in [1.165, 1.54) is 42.6 Å². The molecule has 2 unspecified atom stereocenters. The Balaban J connectivity index is 1.54. The SMILES string of the molecule is O=C1CCC(CC2CN(S(=O)(=O)c3cccc(Cl)c3)c3cc(NC(=O)c4c(Cl)cccc4Cl)cnc3C2=O)N1. The number of sulfonamides is 1. The fraction of sp³-hybridized carbons (Fsp3) is 0.231. The van der Waals surface area contributed by atoms with Crippen LogP contribution in [0.25, 0.3) is 0 Å². The van der Waals surface area contributed by atoms with Crippen molar-refractivity contribution in [2.45, 2.75) is 30.2 Å². The van der Waals surface area contributed by atoms with Gasteiger partial charge in [0.15, 0.2) is 5.78 Å². The van der Waals surface area contributed by atoms with Gasteiger partial charge >= 0.3 is 0 Å². The molecule has 0 spiro atoms. The fourth-order valence-corrected chi connectivity index (χ4v) is 7.13. The minimum atomic E-state index is -4.20. The van der Waals surface area contributed by atoms with E-state index in [1.807, 2.05) is 0 Å². The first kappa shape index (κ1) is 27.4. The van der Waals surface area contributed by atoms with E-state index in [2.05, 4.69) is 15.6 Å². The zero-order chi connectivity index (χ0) is 27.9. The van der Waals surface area contributed by atoms with E-state index >= 15 is 0 Å². The molecule has 1 saturated heterocycles. The van der Waals surface area contributed by atoms with Gasteiger partial charge in [0.05, 0.1) is 38.1 Å². The third-order valence-corrected chi connectivity index (χ3v) is 9.25. The number of halogens is 3. The molecule has 2 atom stereocenters. The number of pyridine rings is 1. The van der Waals surface area contributed by atoms with Gasteiger partial charge in [-0.15, -0.1) is 0 Å². The summed E-state index contributed by atoms with van der Waals surface area (Å²) < 4.78 is 28.7. The Kier molecular flexibility index (Phi) is 7.56. The molecule has 9 nitrogen and oxygen atoms in total. The van der Waals surface area contributed by atoms with Crippen LogP contribution in [0.2, 0.25) is 15.1 Å². The van der Waals surface area contributed by atoms with Crippen molar-refractivity contribution in [3.05, 3.63) is 81.1 Å². The Morgan fingerprint density at radius 3 is 2.46 bits per heavy atom. The van der Waals surface area contributed by atoms with E-state index in [4.69, 9.17) is 34.8 Å². The topological polar surface area (TPSA) is 126 Å². The second-order valence-corrected chi connectivity index (χ2v) is 12.3. The molecular weight excluding hydrogens is 587 g/mol. The summed E-state index contributed by atoms with van der Waals surface area (Å²) in [4.78, 5) is 42.3. The maximum Gasteiger partial charge on any atom is 0.264 e.